The summed E-state index contributed by atoms with van der Waals surface area (Å²) < 4.78 is 0. The molecule has 20 heavy (non-hydrogen) atoms. The van der Waals surface area contributed by atoms with Crippen molar-refractivity contribution in [2.24, 2.45) is 0 Å². The molecule has 1 aromatic rings. The Morgan fingerprint density at radius 1 is 1.60 bits per heavy atom. The maximum absolute atomic E-state index is 11.3. The lowest BCUT2D eigenvalue weighted by atomic mass is 9.97. The van der Waals surface area contributed by atoms with Crippen molar-refractivity contribution < 1.29 is 0 Å². The van der Waals surface area contributed by atoms with E-state index >= 15 is 0 Å². The number of aryl methyl sites for hydroxylation is 1. The summed E-state index contributed by atoms with van der Waals surface area (Å²) >= 11 is 1.51. The van der Waals surface area contributed by atoms with E-state index in [9.17, 15) is 10.1 Å². The van der Waals surface area contributed by atoms with E-state index in [-0.39, 0.29) is 11.6 Å². The summed E-state index contributed by atoms with van der Waals surface area (Å²) in [5.74, 6) is 0.823. The van der Waals surface area contributed by atoms with E-state index in [1.54, 1.807) is 6.92 Å². The Bertz CT molecular complexity index is 535. The van der Waals surface area contributed by atoms with Gasteiger partial charge in [-0.05, 0) is 40.5 Å². The largest absolute Gasteiger partial charge is 0.301 e. The normalized spacial score (nSPS) is 14.0. The number of H-pyrrole nitrogens is 1. The Hall–Kier alpha value is -1.32. The van der Waals surface area contributed by atoms with Crippen LogP contribution in [0.4, 0.5) is 0 Å². The fourth-order valence-electron chi connectivity index (χ4n) is 2.01. The summed E-state index contributed by atoms with van der Waals surface area (Å²) in [6, 6.07) is 4.09. The maximum atomic E-state index is 11.3. The summed E-state index contributed by atoms with van der Waals surface area (Å²) in [4.78, 5) is 18.3. The summed E-state index contributed by atoms with van der Waals surface area (Å²) in [6.07, 6.45) is 1.65. The van der Waals surface area contributed by atoms with Crippen LogP contribution in [0, 0.1) is 18.3 Å². The molecule has 0 radical (unpaired) electrons. The van der Waals surface area contributed by atoms with Gasteiger partial charge in [0.1, 0.15) is 5.54 Å². The first-order valence-electron chi connectivity index (χ1n) is 6.74. The molecule has 0 aromatic carbocycles. The Morgan fingerprint density at radius 2 is 2.30 bits per heavy atom. The number of aromatic amines is 1. The molecular weight excluding hydrogens is 272 g/mol. The van der Waals surface area contributed by atoms with Crippen LogP contribution in [0.15, 0.2) is 16.0 Å². The molecular formula is C14H22N4OS. The molecule has 0 saturated carbocycles. The number of hydrogen-bond acceptors (Lipinski definition) is 5. The van der Waals surface area contributed by atoms with Gasteiger partial charge in [0, 0.05) is 23.6 Å². The average molecular weight is 294 g/mol. The molecule has 1 rings (SSSR count). The van der Waals surface area contributed by atoms with Gasteiger partial charge in [-0.1, -0.05) is 11.8 Å². The Balaban J connectivity index is 2.45. The van der Waals surface area contributed by atoms with Gasteiger partial charge in [-0.3, -0.25) is 10.1 Å². The molecule has 0 saturated heterocycles. The molecule has 0 aliphatic rings. The highest BCUT2D eigenvalue weighted by Crippen LogP contribution is 2.18. The fraction of sp³-hybridized carbons (Fsp3) is 0.643. The standard InChI is InChI=1S/C14H22N4OS/c1-10(2)18-14(4,9-15)6-5-7-20-13-16-11(3)8-12(19)17-13/h8,10,18H,5-7H2,1-4H3,(H,16,17,19). The minimum absolute atomic E-state index is 0.122. The number of rotatable bonds is 7. The van der Waals surface area contributed by atoms with Crippen molar-refractivity contribution in [3.05, 3.63) is 22.1 Å². The average Bonchev–Trinajstić information content (AvgIpc) is 2.33. The van der Waals surface area contributed by atoms with E-state index in [0.717, 1.165) is 24.3 Å². The Morgan fingerprint density at radius 3 is 2.85 bits per heavy atom. The van der Waals surface area contributed by atoms with E-state index in [1.165, 1.54) is 17.8 Å². The minimum Gasteiger partial charge on any atom is -0.301 e. The molecule has 0 spiro atoms. The van der Waals surface area contributed by atoms with Crippen molar-refractivity contribution in [3.63, 3.8) is 0 Å². The van der Waals surface area contributed by atoms with Crippen molar-refractivity contribution in [3.8, 4) is 6.07 Å². The summed E-state index contributed by atoms with van der Waals surface area (Å²) in [7, 11) is 0. The zero-order chi connectivity index (χ0) is 15.2. The molecule has 0 bridgehead atoms. The molecule has 0 aliphatic carbocycles. The summed E-state index contributed by atoms with van der Waals surface area (Å²) in [5, 5.41) is 13.2. The highest BCUT2D eigenvalue weighted by molar-refractivity contribution is 7.99. The van der Waals surface area contributed by atoms with Gasteiger partial charge in [-0.2, -0.15) is 5.26 Å². The zero-order valence-electron chi connectivity index (χ0n) is 12.5. The molecule has 5 nitrogen and oxygen atoms in total. The van der Waals surface area contributed by atoms with Crippen LogP contribution in [-0.2, 0) is 0 Å². The highest BCUT2D eigenvalue weighted by Gasteiger charge is 2.23. The smallest absolute Gasteiger partial charge is 0.251 e. The molecule has 1 heterocycles. The van der Waals surface area contributed by atoms with E-state index in [4.69, 9.17) is 0 Å². The van der Waals surface area contributed by atoms with Crippen molar-refractivity contribution >= 4 is 11.8 Å². The van der Waals surface area contributed by atoms with Gasteiger partial charge in [-0.25, -0.2) is 4.98 Å². The second kappa shape index (κ2) is 7.46. The Kier molecular flexibility index (Phi) is 6.24. The molecule has 1 atom stereocenters. The van der Waals surface area contributed by atoms with Crippen LogP contribution in [0.2, 0.25) is 0 Å². The first-order chi connectivity index (χ1) is 9.34. The zero-order valence-corrected chi connectivity index (χ0v) is 13.3. The third-order valence-corrected chi connectivity index (χ3v) is 3.72. The number of nitriles is 1. The summed E-state index contributed by atoms with van der Waals surface area (Å²) in [5.41, 5.74) is 0.102. The second-order valence-corrected chi connectivity index (χ2v) is 6.47. The van der Waals surface area contributed by atoms with Crippen LogP contribution in [0.3, 0.4) is 0 Å². The Labute approximate surface area is 124 Å². The van der Waals surface area contributed by atoms with Gasteiger partial charge in [0.2, 0.25) is 0 Å². The number of thioether (sulfide) groups is 1. The van der Waals surface area contributed by atoms with Gasteiger partial charge < -0.3 is 4.98 Å². The lowest BCUT2D eigenvalue weighted by molar-refractivity contribution is 0.380. The quantitative estimate of drug-likeness (QED) is 0.458. The van der Waals surface area contributed by atoms with Gasteiger partial charge in [0.25, 0.3) is 5.56 Å². The molecule has 110 valence electrons. The van der Waals surface area contributed by atoms with Crippen LogP contribution >= 0.6 is 11.8 Å². The van der Waals surface area contributed by atoms with Crippen LogP contribution in [0.5, 0.6) is 0 Å². The van der Waals surface area contributed by atoms with Crippen LogP contribution in [-0.4, -0.2) is 27.3 Å². The number of nitrogens with one attached hydrogen (secondary N) is 2. The minimum atomic E-state index is -0.498. The highest BCUT2D eigenvalue weighted by atomic mass is 32.2. The number of aromatic nitrogens is 2. The lowest BCUT2D eigenvalue weighted by Crippen LogP contribution is -2.44. The van der Waals surface area contributed by atoms with Crippen molar-refractivity contribution in [2.45, 2.75) is 57.3 Å². The molecule has 2 N–H and O–H groups in total. The number of nitrogens with zero attached hydrogens (tertiary/aromatic N) is 2. The second-order valence-electron chi connectivity index (χ2n) is 5.39. The van der Waals surface area contributed by atoms with Crippen molar-refractivity contribution in [1.82, 2.24) is 15.3 Å². The first-order valence-corrected chi connectivity index (χ1v) is 7.73. The van der Waals surface area contributed by atoms with Gasteiger partial charge in [0.05, 0.1) is 6.07 Å². The monoisotopic (exact) mass is 294 g/mol. The fourth-order valence-corrected chi connectivity index (χ4v) is 2.88. The SMILES string of the molecule is Cc1cc(=O)[nH]c(SCCCC(C)(C#N)NC(C)C)n1. The van der Waals surface area contributed by atoms with Gasteiger partial charge >= 0.3 is 0 Å². The molecule has 1 aromatic heterocycles. The van der Waals surface area contributed by atoms with E-state index in [1.807, 2.05) is 20.8 Å². The van der Waals surface area contributed by atoms with Gasteiger partial charge in [-0.15, -0.1) is 0 Å². The molecule has 0 amide bonds. The van der Waals surface area contributed by atoms with E-state index < -0.39 is 5.54 Å². The summed E-state index contributed by atoms with van der Waals surface area (Å²) in [6.45, 7) is 7.79. The van der Waals surface area contributed by atoms with E-state index in [0.29, 0.717) is 5.16 Å². The topological polar surface area (TPSA) is 81.6 Å². The molecule has 0 aliphatic heterocycles. The lowest BCUT2D eigenvalue weighted by Gasteiger charge is -2.25. The van der Waals surface area contributed by atoms with Crippen molar-refractivity contribution in [2.75, 3.05) is 5.75 Å². The van der Waals surface area contributed by atoms with Crippen molar-refractivity contribution in [1.29, 1.82) is 5.26 Å². The van der Waals surface area contributed by atoms with Gasteiger partial charge in [0.15, 0.2) is 5.16 Å². The van der Waals surface area contributed by atoms with Crippen LogP contribution in [0.25, 0.3) is 0 Å². The predicted octanol–water partition coefficient (Wildman–Crippen LogP) is 2.23. The molecule has 6 heteroatoms. The van der Waals surface area contributed by atoms with Crippen LogP contribution in [0.1, 0.15) is 39.3 Å². The molecule has 0 fully saturated rings. The third kappa shape index (κ3) is 5.76. The molecule has 1 unspecified atom stereocenters. The predicted molar refractivity (Wildman–Crippen MR) is 81.8 cm³/mol. The number of hydrogen-bond donors (Lipinski definition) is 2. The third-order valence-electron chi connectivity index (χ3n) is 2.76. The maximum Gasteiger partial charge on any atom is 0.251 e. The van der Waals surface area contributed by atoms with Crippen LogP contribution < -0.4 is 10.9 Å². The first kappa shape index (κ1) is 16.7. The van der Waals surface area contributed by atoms with E-state index in [2.05, 4.69) is 21.4 Å².